The van der Waals surface area contributed by atoms with Crippen LogP contribution in [0, 0.1) is 0 Å². The molecule has 0 radical (unpaired) electrons. The van der Waals surface area contributed by atoms with Crippen molar-refractivity contribution in [3.05, 3.63) is 120 Å². The van der Waals surface area contributed by atoms with Gasteiger partial charge in [-0.3, -0.25) is 25.8 Å². The van der Waals surface area contributed by atoms with Crippen LogP contribution in [0.5, 0.6) is 0 Å². The van der Waals surface area contributed by atoms with Gasteiger partial charge in [-0.05, 0) is 62.6 Å². The number of amides is 2. The lowest BCUT2D eigenvalue weighted by Gasteiger charge is -2.15. The van der Waals surface area contributed by atoms with E-state index < -0.39 is 0 Å². The molecule has 41 heavy (non-hydrogen) atoms. The zero-order chi connectivity index (χ0) is 31.0. The summed E-state index contributed by atoms with van der Waals surface area (Å²) < 4.78 is 0. The maximum absolute atomic E-state index is 13.3. The van der Waals surface area contributed by atoms with Gasteiger partial charge in [0.25, 0.3) is 11.8 Å². The van der Waals surface area contributed by atoms with Crippen LogP contribution in [0.25, 0.3) is 11.1 Å². The predicted octanol–water partition coefficient (Wildman–Crippen LogP) is 7.79. The molecular weight excluding hydrogens is 510 g/mol. The number of nitrogens with two attached hydrogens (primary N) is 1. The Morgan fingerprint density at radius 2 is 1.24 bits per heavy atom. The number of aliphatic hydroxyl groups excluding tert-OH is 1. The molecule has 2 aromatic carbocycles. The molecule has 6 nitrogen and oxygen atoms in total. The minimum atomic E-state index is -0.265. The second kappa shape index (κ2) is 22.8. The highest BCUT2D eigenvalue weighted by Gasteiger charge is 2.39. The molecule has 6 heteroatoms. The van der Waals surface area contributed by atoms with E-state index in [0.717, 1.165) is 16.7 Å². The number of nitrogens with one attached hydrogen (secondary N) is 1. The molecule has 2 aromatic rings. The Labute approximate surface area is 247 Å². The van der Waals surface area contributed by atoms with Crippen LogP contribution in [0.3, 0.4) is 0 Å². The maximum Gasteiger partial charge on any atom is 0.262 e. The summed E-state index contributed by atoms with van der Waals surface area (Å²) in [5.41, 5.74) is 5.63. The summed E-state index contributed by atoms with van der Waals surface area (Å²) in [5.74, 6) is 4.29. The van der Waals surface area contributed by atoms with Crippen LogP contribution in [0.2, 0.25) is 0 Å². The molecule has 2 aliphatic rings. The molecule has 0 bridgehead atoms. The molecule has 1 heterocycles. The maximum atomic E-state index is 13.3. The number of hydrazine groups is 1. The summed E-state index contributed by atoms with van der Waals surface area (Å²) in [5, 5.41) is 9.61. The molecule has 0 saturated heterocycles. The lowest BCUT2D eigenvalue weighted by molar-refractivity contribution is -0.135. The quantitative estimate of drug-likeness (QED) is 0.150. The topological polar surface area (TPSA) is 95.7 Å². The van der Waals surface area contributed by atoms with Crippen molar-refractivity contribution in [3.63, 3.8) is 0 Å². The normalized spacial score (nSPS) is 13.8. The highest BCUT2D eigenvalue weighted by molar-refractivity contribution is 6.49. The van der Waals surface area contributed by atoms with E-state index >= 15 is 0 Å². The molecule has 0 saturated carbocycles. The fraction of sp³-hybridized carbons (Fsp3) is 0.314. The molecule has 0 unspecified atom stereocenters. The van der Waals surface area contributed by atoms with Gasteiger partial charge in [-0.1, -0.05) is 119 Å². The van der Waals surface area contributed by atoms with Gasteiger partial charge in [-0.2, -0.15) is 0 Å². The van der Waals surface area contributed by atoms with Crippen LogP contribution in [-0.4, -0.2) is 35.4 Å². The van der Waals surface area contributed by atoms with E-state index in [2.05, 4.69) is 25.1 Å². The van der Waals surface area contributed by atoms with Crippen LogP contribution >= 0.6 is 0 Å². The predicted molar refractivity (Wildman–Crippen MR) is 175 cm³/mol. The molecule has 2 amide bonds. The van der Waals surface area contributed by atoms with Gasteiger partial charge in [0, 0.05) is 6.54 Å². The first-order valence-electron chi connectivity index (χ1n) is 14.3. The third-order valence-corrected chi connectivity index (χ3v) is 5.43. The fourth-order valence-corrected chi connectivity index (χ4v) is 3.61. The van der Waals surface area contributed by atoms with Crippen LogP contribution in [0.1, 0.15) is 71.9 Å². The van der Waals surface area contributed by atoms with Crippen LogP contribution in [-0.2, 0) is 9.59 Å². The summed E-state index contributed by atoms with van der Waals surface area (Å²) in [6.07, 6.45) is 13.6. The molecule has 0 atom stereocenters. The number of imide groups is 1. The number of carbonyl (C=O) groups is 2. The number of hydrogen-bond donors (Lipinski definition) is 3. The first-order valence-corrected chi connectivity index (χ1v) is 14.3. The Balaban J connectivity index is 0.00000115. The lowest BCUT2D eigenvalue weighted by Crippen LogP contribution is -2.32. The van der Waals surface area contributed by atoms with Crippen molar-refractivity contribution in [2.75, 3.05) is 13.6 Å². The molecule has 0 fully saturated rings. The summed E-state index contributed by atoms with van der Waals surface area (Å²) >= 11 is 0. The number of hydrogen-bond acceptors (Lipinski definition) is 5. The van der Waals surface area contributed by atoms with E-state index in [1.807, 2.05) is 113 Å². The summed E-state index contributed by atoms with van der Waals surface area (Å²) in [4.78, 5) is 27.8. The average molecular weight is 560 g/mol. The molecule has 1 aliphatic heterocycles. The summed E-state index contributed by atoms with van der Waals surface area (Å²) in [6.45, 7) is 12.5. The zero-order valence-electron chi connectivity index (χ0n) is 25.9. The third-order valence-electron chi connectivity index (χ3n) is 5.43. The molecule has 1 aliphatic carbocycles. The van der Waals surface area contributed by atoms with Crippen molar-refractivity contribution in [2.24, 2.45) is 5.84 Å². The molecule has 4 N–H and O–H groups in total. The van der Waals surface area contributed by atoms with E-state index in [1.54, 1.807) is 19.2 Å². The van der Waals surface area contributed by atoms with Gasteiger partial charge >= 0.3 is 0 Å². The Kier molecular flexibility index (Phi) is 20.6. The van der Waals surface area contributed by atoms with E-state index in [9.17, 15) is 14.7 Å². The number of aliphatic hydroxyl groups is 1. The van der Waals surface area contributed by atoms with Gasteiger partial charge in [-0.15, -0.1) is 0 Å². The monoisotopic (exact) mass is 559 g/mol. The van der Waals surface area contributed by atoms with Crippen LogP contribution in [0.15, 0.2) is 108 Å². The zero-order valence-corrected chi connectivity index (χ0v) is 25.9. The Hall–Kier alpha value is -4.00. The summed E-state index contributed by atoms with van der Waals surface area (Å²) in [6, 6.07) is 18.7. The van der Waals surface area contributed by atoms with Gasteiger partial charge in [0.1, 0.15) is 5.76 Å². The highest BCUT2D eigenvalue weighted by Crippen LogP contribution is 2.35. The third kappa shape index (κ3) is 12.8. The Morgan fingerprint density at radius 1 is 0.829 bits per heavy atom. The molecule has 0 aromatic heterocycles. The number of rotatable bonds is 5. The smallest absolute Gasteiger partial charge is 0.262 e. The minimum absolute atomic E-state index is 0.226. The van der Waals surface area contributed by atoms with Crippen molar-refractivity contribution >= 4 is 23.0 Å². The Bertz CT molecular complexity index is 1110. The van der Waals surface area contributed by atoms with Crippen molar-refractivity contribution in [3.8, 4) is 0 Å². The highest BCUT2D eigenvalue weighted by atomic mass is 16.3. The first-order chi connectivity index (χ1) is 19.9. The van der Waals surface area contributed by atoms with E-state index in [1.165, 1.54) is 11.3 Å². The van der Waals surface area contributed by atoms with Crippen molar-refractivity contribution in [2.45, 2.75) is 60.8 Å². The van der Waals surface area contributed by atoms with E-state index in [4.69, 9.17) is 0 Å². The average Bonchev–Trinajstić information content (AvgIpc) is 3.10. The number of nitrogens with zero attached hydrogens (tertiary/aromatic N) is 1. The van der Waals surface area contributed by atoms with Crippen molar-refractivity contribution in [1.82, 2.24) is 10.3 Å². The first kappa shape index (κ1) is 37.0. The molecule has 4 rings (SSSR count). The fourth-order valence-electron chi connectivity index (χ4n) is 3.61. The van der Waals surface area contributed by atoms with Crippen LogP contribution in [0.4, 0.5) is 0 Å². The Morgan fingerprint density at radius 3 is 1.63 bits per heavy atom. The van der Waals surface area contributed by atoms with E-state index in [0.29, 0.717) is 30.5 Å². The minimum Gasteiger partial charge on any atom is -0.508 e. The van der Waals surface area contributed by atoms with E-state index in [-0.39, 0.29) is 17.6 Å². The van der Waals surface area contributed by atoms with Gasteiger partial charge < -0.3 is 5.11 Å². The van der Waals surface area contributed by atoms with Crippen molar-refractivity contribution < 1.29 is 14.7 Å². The van der Waals surface area contributed by atoms with Gasteiger partial charge in [0.15, 0.2) is 0 Å². The van der Waals surface area contributed by atoms with Gasteiger partial charge in [0.2, 0.25) is 0 Å². The molecule has 222 valence electrons. The standard InChI is InChI=1S/C25H21NO3.C4H8.C3H8.C2H6.CH6N2/c27-21-13-7-8-18(14-15-21)16-17-26-24(28)22(19-9-3-1-4-10-19)23(25(26)29)20-11-5-2-6-12-20;1-3-4-2;1-3-2;1-2;1-3-2/h1-6,8-15,27H,7,16-17H2;3-4H,1-2H3;3H2,1-2H3;1-2H3;3H,2H2,1H3/b;4-3-;;;. The molecule has 0 spiro atoms. The number of benzene rings is 2. The van der Waals surface area contributed by atoms with Crippen LogP contribution < -0.4 is 11.3 Å². The van der Waals surface area contributed by atoms with Gasteiger partial charge in [-0.25, -0.2) is 0 Å². The largest absolute Gasteiger partial charge is 0.508 e. The van der Waals surface area contributed by atoms with Gasteiger partial charge in [0.05, 0.1) is 11.1 Å². The number of carbonyl (C=O) groups excluding carboxylic acids is 2. The summed E-state index contributed by atoms with van der Waals surface area (Å²) in [7, 11) is 1.65. The number of allylic oxidation sites excluding steroid dienone is 6. The second-order valence-electron chi connectivity index (χ2n) is 8.63. The second-order valence-corrected chi connectivity index (χ2v) is 8.63. The SMILES string of the molecule is C/C=C\C.CC.CCC.CNN.O=C1C(c2ccccc2)=C(c2ccccc2)C(=O)N1CCC1=CCC=C(O)C=C1. The molecular formula is C35H49N3O3. The van der Waals surface area contributed by atoms with Crippen molar-refractivity contribution in [1.29, 1.82) is 0 Å². The lowest BCUT2D eigenvalue weighted by atomic mass is 9.96.